The summed E-state index contributed by atoms with van der Waals surface area (Å²) in [4.78, 5) is 16.5. The highest BCUT2D eigenvalue weighted by molar-refractivity contribution is 5.78. The van der Waals surface area contributed by atoms with Crippen molar-refractivity contribution in [2.75, 3.05) is 59.0 Å². The lowest BCUT2D eigenvalue weighted by molar-refractivity contribution is -0.130. The molecular formula is C15H29N3O2. The summed E-state index contributed by atoms with van der Waals surface area (Å²) < 4.78 is 5.33. The lowest BCUT2D eigenvalue weighted by Crippen LogP contribution is -2.40. The Kier molecular flexibility index (Phi) is 7.33. The van der Waals surface area contributed by atoms with Gasteiger partial charge in [-0.15, -0.1) is 0 Å². The van der Waals surface area contributed by atoms with E-state index < -0.39 is 0 Å². The summed E-state index contributed by atoms with van der Waals surface area (Å²) in [5.74, 6) is 0.276. The molecule has 0 aromatic heterocycles. The van der Waals surface area contributed by atoms with E-state index >= 15 is 0 Å². The van der Waals surface area contributed by atoms with E-state index in [-0.39, 0.29) is 5.91 Å². The molecule has 2 saturated heterocycles. The van der Waals surface area contributed by atoms with Crippen LogP contribution in [0.3, 0.4) is 0 Å². The molecule has 1 N–H and O–H groups in total. The zero-order valence-electron chi connectivity index (χ0n) is 12.6. The molecule has 116 valence electrons. The molecule has 2 aliphatic rings. The molecule has 5 nitrogen and oxygen atoms in total. The van der Waals surface area contributed by atoms with Gasteiger partial charge in [0, 0.05) is 26.2 Å². The first-order chi connectivity index (χ1) is 9.86. The van der Waals surface area contributed by atoms with Crippen molar-refractivity contribution in [2.24, 2.45) is 0 Å². The first-order valence-corrected chi connectivity index (χ1v) is 8.15. The Labute approximate surface area is 122 Å². The average Bonchev–Trinajstić information content (AvgIpc) is 2.77. The van der Waals surface area contributed by atoms with Gasteiger partial charge in [0.15, 0.2) is 0 Å². The molecule has 2 rings (SSSR count). The Balaban J connectivity index is 1.50. The van der Waals surface area contributed by atoms with Crippen LogP contribution in [0.4, 0.5) is 0 Å². The third-order valence-electron chi connectivity index (χ3n) is 4.17. The van der Waals surface area contributed by atoms with E-state index in [9.17, 15) is 4.79 Å². The molecule has 0 atom stereocenters. The number of rotatable bonds is 6. The smallest absolute Gasteiger partial charge is 0.236 e. The van der Waals surface area contributed by atoms with Crippen molar-refractivity contribution in [3.8, 4) is 0 Å². The van der Waals surface area contributed by atoms with Gasteiger partial charge in [0.1, 0.15) is 0 Å². The predicted octanol–water partition coefficient (Wildman–Crippen LogP) is 0.701. The lowest BCUT2D eigenvalue weighted by atomic mass is 10.2. The van der Waals surface area contributed by atoms with Crippen molar-refractivity contribution in [3.63, 3.8) is 0 Å². The fourth-order valence-electron chi connectivity index (χ4n) is 2.88. The van der Waals surface area contributed by atoms with Gasteiger partial charge in [0.25, 0.3) is 0 Å². The zero-order chi connectivity index (χ0) is 14.0. The zero-order valence-corrected chi connectivity index (χ0v) is 12.6. The second kappa shape index (κ2) is 9.32. The van der Waals surface area contributed by atoms with Crippen LogP contribution in [-0.4, -0.2) is 74.7 Å². The molecule has 0 bridgehead atoms. The number of morpholine rings is 1. The van der Waals surface area contributed by atoms with E-state index in [2.05, 4.69) is 10.2 Å². The Morgan fingerprint density at radius 2 is 1.70 bits per heavy atom. The SMILES string of the molecule is O=C(CNCCCN1CCOCC1)N1CCCCCC1. The number of likely N-dealkylation sites (tertiary alicyclic amines) is 1. The van der Waals surface area contributed by atoms with E-state index in [1.54, 1.807) is 0 Å². The maximum absolute atomic E-state index is 12.1. The van der Waals surface area contributed by atoms with Gasteiger partial charge in [-0.3, -0.25) is 9.69 Å². The minimum Gasteiger partial charge on any atom is -0.379 e. The lowest BCUT2D eigenvalue weighted by Gasteiger charge is -2.26. The molecule has 2 fully saturated rings. The number of ether oxygens (including phenoxy) is 1. The summed E-state index contributed by atoms with van der Waals surface area (Å²) in [5, 5.41) is 3.29. The van der Waals surface area contributed by atoms with Gasteiger partial charge in [-0.25, -0.2) is 0 Å². The molecule has 0 spiro atoms. The van der Waals surface area contributed by atoms with Crippen LogP contribution < -0.4 is 5.32 Å². The fourth-order valence-corrected chi connectivity index (χ4v) is 2.88. The standard InChI is InChI=1S/C15H29N3O2/c19-15(18-8-3-1-2-4-9-18)14-16-6-5-7-17-10-12-20-13-11-17/h16H,1-14H2. The molecule has 2 heterocycles. The predicted molar refractivity (Wildman–Crippen MR) is 79.8 cm³/mol. The molecule has 0 aromatic rings. The van der Waals surface area contributed by atoms with Crippen molar-refractivity contribution in [3.05, 3.63) is 0 Å². The number of carbonyl (C=O) groups is 1. The highest BCUT2D eigenvalue weighted by Gasteiger charge is 2.14. The van der Waals surface area contributed by atoms with Crippen LogP contribution >= 0.6 is 0 Å². The molecule has 0 aliphatic carbocycles. The van der Waals surface area contributed by atoms with Crippen molar-refractivity contribution in [1.29, 1.82) is 0 Å². The van der Waals surface area contributed by atoms with Crippen LogP contribution in [0.1, 0.15) is 32.1 Å². The summed E-state index contributed by atoms with van der Waals surface area (Å²) in [6, 6.07) is 0. The van der Waals surface area contributed by atoms with Crippen molar-refractivity contribution < 1.29 is 9.53 Å². The highest BCUT2D eigenvalue weighted by atomic mass is 16.5. The molecule has 5 heteroatoms. The largest absolute Gasteiger partial charge is 0.379 e. The summed E-state index contributed by atoms with van der Waals surface area (Å²) in [7, 11) is 0. The van der Waals surface area contributed by atoms with Gasteiger partial charge in [-0.1, -0.05) is 12.8 Å². The minimum atomic E-state index is 0.276. The number of nitrogens with one attached hydrogen (secondary N) is 1. The Morgan fingerprint density at radius 3 is 2.40 bits per heavy atom. The van der Waals surface area contributed by atoms with Crippen LogP contribution in [0, 0.1) is 0 Å². The number of amides is 1. The van der Waals surface area contributed by atoms with E-state index in [1.165, 1.54) is 25.7 Å². The molecule has 1 amide bonds. The van der Waals surface area contributed by atoms with Crippen LogP contribution in [-0.2, 0) is 9.53 Å². The number of hydrogen-bond acceptors (Lipinski definition) is 4. The number of hydrogen-bond donors (Lipinski definition) is 1. The van der Waals surface area contributed by atoms with Gasteiger partial charge in [0.05, 0.1) is 19.8 Å². The van der Waals surface area contributed by atoms with Gasteiger partial charge < -0.3 is 15.0 Å². The van der Waals surface area contributed by atoms with Gasteiger partial charge in [-0.05, 0) is 32.4 Å². The number of nitrogens with zero attached hydrogens (tertiary/aromatic N) is 2. The van der Waals surface area contributed by atoms with E-state index in [1.807, 2.05) is 4.90 Å². The highest BCUT2D eigenvalue weighted by Crippen LogP contribution is 2.09. The van der Waals surface area contributed by atoms with E-state index in [4.69, 9.17) is 4.74 Å². The van der Waals surface area contributed by atoms with Crippen LogP contribution in [0.5, 0.6) is 0 Å². The van der Waals surface area contributed by atoms with Crippen LogP contribution in [0.25, 0.3) is 0 Å². The van der Waals surface area contributed by atoms with Gasteiger partial charge >= 0.3 is 0 Å². The van der Waals surface area contributed by atoms with Crippen LogP contribution in [0.15, 0.2) is 0 Å². The molecule has 2 aliphatic heterocycles. The Hall–Kier alpha value is -0.650. The second-order valence-corrected chi connectivity index (χ2v) is 5.78. The van der Waals surface area contributed by atoms with Gasteiger partial charge in [0.2, 0.25) is 5.91 Å². The first kappa shape index (κ1) is 15.7. The summed E-state index contributed by atoms with van der Waals surface area (Å²) in [6.07, 6.45) is 5.99. The third kappa shape index (κ3) is 5.77. The fraction of sp³-hybridized carbons (Fsp3) is 0.933. The maximum Gasteiger partial charge on any atom is 0.236 e. The summed E-state index contributed by atoms with van der Waals surface area (Å²) in [6.45, 7) is 8.26. The molecular weight excluding hydrogens is 254 g/mol. The molecule has 0 unspecified atom stereocenters. The second-order valence-electron chi connectivity index (χ2n) is 5.78. The first-order valence-electron chi connectivity index (χ1n) is 8.15. The number of carbonyl (C=O) groups excluding carboxylic acids is 1. The van der Waals surface area contributed by atoms with Crippen molar-refractivity contribution >= 4 is 5.91 Å². The van der Waals surface area contributed by atoms with Crippen molar-refractivity contribution in [1.82, 2.24) is 15.1 Å². The van der Waals surface area contributed by atoms with Crippen molar-refractivity contribution in [2.45, 2.75) is 32.1 Å². The van der Waals surface area contributed by atoms with Gasteiger partial charge in [-0.2, -0.15) is 0 Å². The normalized spacial score (nSPS) is 21.7. The quantitative estimate of drug-likeness (QED) is 0.729. The van der Waals surface area contributed by atoms with E-state index in [0.29, 0.717) is 6.54 Å². The topological polar surface area (TPSA) is 44.8 Å². The Bertz CT molecular complexity index is 272. The summed E-state index contributed by atoms with van der Waals surface area (Å²) >= 11 is 0. The molecule has 0 aromatic carbocycles. The third-order valence-corrected chi connectivity index (χ3v) is 4.17. The minimum absolute atomic E-state index is 0.276. The molecule has 20 heavy (non-hydrogen) atoms. The molecule has 0 radical (unpaired) electrons. The Morgan fingerprint density at radius 1 is 1.00 bits per heavy atom. The maximum atomic E-state index is 12.1. The average molecular weight is 283 g/mol. The summed E-state index contributed by atoms with van der Waals surface area (Å²) in [5.41, 5.74) is 0. The van der Waals surface area contributed by atoms with Crippen LogP contribution in [0.2, 0.25) is 0 Å². The molecule has 0 saturated carbocycles. The monoisotopic (exact) mass is 283 g/mol. The van der Waals surface area contributed by atoms with E-state index in [0.717, 1.165) is 58.9 Å².